The highest BCUT2D eigenvalue weighted by Gasteiger charge is 2.43. The third-order valence-corrected chi connectivity index (χ3v) is 5.76. The zero-order valence-electron chi connectivity index (χ0n) is 16.7. The average Bonchev–Trinajstić information content (AvgIpc) is 3.19. The number of carbonyl (C=O) groups excluding carboxylic acids is 3. The van der Waals surface area contributed by atoms with Crippen molar-refractivity contribution >= 4 is 23.4 Å². The molecule has 2 fully saturated rings. The van der Waals surface area contributed by atoms with Crippen molar-refractivity contribution < 1.29 is 14.4 Å². The van der Waals surface area contributed by atoms with E-state index in [-0.39, 0.29) is 35.8 Å². The highest BCUT2D eigenvalue weighted by atomic mass is 16.2. The summed E-state index contributed by atoms with van der Waals surface area (Å²) in [5.74, 6) is -0.168. The maximum Gasteiger partial charge on any atom is 0.251 e. The van der Waals surface area contributed by atoms with Crippen molar-refractivity contribution in [2.24, 2.45) is 0 Å². The fourth-order valence-corrected chi connectivity index (χ4v) is 4.25. The number of benzene rings is 2. The highest BCUT2D eigenvalue weighted by Crippen LogP contribution is 2.26. The van der Waals surface area contributed by atoms with Gasteiger partial charge in [0.05, 0.1) is 6.04 Å². The molecule has 2 saturated heterocycles. The smallest absolute Gasteiger partial charge is 0.251 e. The molecule has 0 aromatic heterocycles. The van der Waals surface area contributed by atoms with Gasteiger partial charge in [0, 0.05) is 42.8 Å². The molecule has 0 spiro atoms. The average molecular weight is 406 g/mol. The molecule has 3 atom stereocenters. The highest BCUT2D eigenvalue weighted by molar-refractivity contribution is 5.94. The van der Waals surface area contributed by atoms with Crippen LogP contribution in [0.25, 0.3) is 0 Å². The lowest BCUT2D eigenvalue weighted by Gasteiger charge is -2.37. The standard InChI is InChI=1S/C23H26N4O3/c28-21(25-17-9-5-2-6-10-17)12-11-19-14-24-23(30)20-13-18(15-27(19)20)26-22(29)16-7-3-1-4-8-16/h1-10,18-20H,11-15H2,(H,24,30)(H,25,28)(H,26,29). The number of hydrogen-bond acceptors (Lipinski definition) is 4. The minimum absolute atomic E-state index is 0.00329. The molecule has 3 N–H and O–H groups in total. The number of anilines is 1. The number of carbonyl (C=O) groups is 3. The predicted octanol–water partition coefficient (Wildman–Crippen LogP) is 1.78. The summed E-state index contributed by atoms with van der Waals surface area (Å²) in [7, 11) is 0. The molecule has 0 saturated carbocycles. The largest absolute Gasteiger partial charge is 0.353 e. The minimum atomic E-state index is -0.262. The fourth-order valence-electron chi connectivity index (χ4n) is 4.25. The second kappa shape index (κ2) is 9.09. The van der Waals surface area contributed by atoms with Gasteiger partial charge in [0.2, 0.25) is 11.8 Å². The van der Waals surface area contributed by atoms with Gasteiger partial charge >= 0.3 is 0 Å². The van der Waals surface area contributed by atoms with Crippen LogP contribution in [-0.2, 0) is 9.59 Å². The number of para-hydroxylation sites is 1. The minimum Gasteiger partial charge on any atom is -0.353 e. The number of nitrogens with one attached hydrogen (secondary N) is 3. The molecule has 3 amide bonds. The molecule has 2 aliphatic heterocycles. The van der Waals surface area contributed by atoms with Crippen LogP contribution in [0.2, 0.25) is 0 Å². The Labute approximate surface area is 175 Å². The van der Waals surface area contributed by atoms with Crippen molar-refractivity contribution in [2.75, 3.05) is 18.4 Å². The van der Waals surface area contributed by atoms with E-state index in [1.54, 1.807) is 12.1 Å². The monoisotopic (exact) mass is 406 g/mol. The number of rotatable bonds is 6. The molecule has 7 heteroatoms. The number of fused-ring (bicyclic) bond motifs is 1. The fraction of sp³-hybridized carbons (Fsp3) is 0.348. The van der Waals surface area contributed by atoms with Crippen LogP contribution in [0.15, 0.2) is 60.7 Å². The molecule has 2 aromatic rings. The Kier molecular flexibility index (Phi) is 6.09. The molecule has 4 rings (SSSR count). The van der Waals surface area contributed by atoms with Gasteiger partial charge in [0.1, 0.15) is 0 Å². The van der Waals surface area contributed by atoms with E-state index < -0.39 is 0 Å². The summed E-state index contributed by atoms with van der Waals surface area (Å²) in [6, 6.07) is 18.2. The first-order valence-corrected chi connectivity index (χ1v) is 10.3. The predicted molar refractivity (Wildman–Crippen MR) is 114 cm³/mol. The summed E-state index contributed by atoms with van der Waals surface area (Å²) < 4.78 is 0. The van der Waals surface area contributed by atoms with Crippen molar-refractivity contribution in [1.29, 1.82) is 0 Å². The third kappa shape index (κ3) is 4.68. The van der Waals surface area contributed by atoms with Crippen LogP contribution < -0.4 is 16.0 Å². The van der Waals surface area contributed by atoms with Gasteiger partial charge in [-0.1, -0.05) is 36.4 Å². The quantitative estimate of drug-likeness (QED) is 0.682. The van der Waals surface area contributed by atoms with Gasteiger partial charge < -0.3 is 16.0 Å². The molecular weight excluding hydrogens is 380 g/mol. The number of piperazine rings is 1. The molecular formula is C23H26N4O3. The van der Waals surface area contributed by atoms with Crippen molar-refractivity contribution in [3.8, 4) is 0 Å². The maximum atomic E-state index is 12.5. The summed E-state index contributed by atoms with van der Waals surface area (Å²) in [5, 5.41) is 8.91. The van der Waals surface area contributed by atoms with Gasteiger partial charge in [-0.05, 0) is 37.1 Å². The van der Waals surface area contributed by atoms with Crippen molar-refractivity contribution in [1.82, 2.24) is 15.5 Å². The van der Waals surface area contributed by atoms with Gasteiger partial charge in [-0.25, -0.2) is 0 Å². The summed E-state index contributed by atoms with van der Waals surface area (Å²) in [4.78, 5) is 39.3. The molecule has 0 bridgehead atoms. The SMILES string of the molecule is O=C(CCC1CNC(=O)C2CC(NC(=O)c3ccccc3)CN12)Nc1ccccc1. The van der Waals surface area contributed by atoms with E-state index >= 15 is 0 Å². The van der Waals surface area contributed by atoms with E-state index in [4.69, 9.17) is 0 Å². The van der Waals surface area contributed by atoms with E-state index in [2.05, 4.69) is 20.9 Å². The zero-order chi connectivity index (χ0) is 20.9. The number of nitrogens with zero attached hydrogens (tertiary/aromatic N) is 1. The lowest BCUT2D eigenvalue weighted by molar-refractivity contribution is -0.129. The molecule has 0 radical (unpaired) electrons. The Morgan fingerprint density at radius 1 is 1.03 bits per heavy atom. The molecule has 3 unspecified atom stereocenters. The van der Waals surface area contributed by atoms with E-state index in [0.717, 1.165) is 5.69 Å². The molecule has 2 aromatic carbocycles. The van der Waals surface area contributed by atoms with Gasteiger partial charge in [0.15, 0.2) is 0 Å². The van der Waals surface area contributed by atoms with Crippen LogP contribution in [0.4, 0.5) is 5.69 Å². The van der Waals surface area contributed by atoms with Crippen LogP contribution >= 0.6 is 0 Å². The van der Waals surface area contributed by atoms with Crippen molar-refractivity contribution in [2.45, 2.75) is 37.4 Å². The summed E-state index contributed by atoms with van der Waals surface area (Å²) >= 11 is 0. The van der Waals surface area contributed by atoms with Gasteiger partial charge in [-0.15, -0.1) is 0 Å². The molecule has 7 nitrogen and oxygen atoms in total. The Morgan fingerprint density at radius 2 is 1.73 bits per heavy atom. The van der Waals surface area contributed by atoms with Crippen molar-refractivity contribution in [3.63, 3.8) is 0 Å². The maximum absolute atomic E-state index is 12.5. The Balaban J connectivity index is 1.33. The first-order chi connectivity index (χ1) is 14.6. The Morgan fingerprint density at radius 3 is 2.47 bits per heavy atom. The van der Waals surface area contributed by atoms with E-state index in [9.17, 15) is 14.4 Å². The van der Waals surface area contributed by atoms with Crippen molar-refractivity contribution in [3.05, 3.63) is 66.2 Å². The molecule has 2 heterocycles. The summed E-state index contributed by atoms with van der Waals surface area (Å²) in [5.41, 5.74) is 1.39. The summed E-state index contributed by atoms with van der Waals surface area (Å²) in [6.07, 6.45) is 1.60. The Bertz CT molecular complexity index is 903. The van der Waals surface area contributed by atoms with Crippen LogP contribution in [0.5, 0.6) is 0 Å². The number of amides is 3. The first kappa shape index (κ1) is 20.1. The van der Waals surface area contributed by atoms with Gasteiger partial charge in [-0.3, -0.25) is 19.3 Å². The third-order valence-electron chi connectivity index (χ3n) is 5.76. The second-order valence-electron chi connectivity index (χ2n) is 7.84. The van der Waals surface area contributed by atoms with Crippen LogP contribution in [-0.4, -0.2) is 53.8 Å². The first-order valence-electron chi connectivity index (χ1n) is 10.3. The van der Waals surface area contributed by atoms with E-state index in [1.807, 2.05) is 48.5 Å². The lowest BCUT2D eigenvalue weighted by atomic mass is 10.0. The molecule has 0 aliphatic carbocycles. The normalized spacial score (nSPS) is 23.3. The molecule has 30 heavy (non-hydrogen) atoms. The topological polar surface area (TPSA) is 90.5 Å². The molecule has 156 valence electrons. The Hall–Kier alpha value is -3.19. The molecule has 2 aliphatic rings. The van der Waals surface area contributed by atoms with Crippen LogP contribution in [0.3, 0.4) is 0 Å². The van der Waals surface area contributed by atoms with E-state index in [0.29, 0.717) is 37.9 Å². The van der Waals surface area contributed by atoms with Gasteiger partial charge in [0.25, 0.3) is 5.91 Å². The zero-order valence-corrected chi connectivity index (χ0v) is 16.7. The number of hydrogen-bond donors (Lipinski definition) is 3. The lowest BCUT2D eigenvalue weighted by Crippen LogP contribution is -2.57. The summed E-state index contributed by atoms with van der Waals surface area (Å²) in [6.45, 7) is 1.13. The van der Waals surface area contributed by atoms with E-state index in [1.165, 1.54) is 0 Å². The van der Waals surface area contributed by atoms with Gasteiger partial charge in [-0.2, -0.15) is 0 Å². The second-order valence-corrected chi connectivity index (χ2v) is 7.84. The van der Waals surface area contributed by atoms with Crippen LogP contribution in [0, 0.1) is 0 Å². The van der Waals surface area contributed by atoms with Crippen LogP contribution in [0.1, 0.15) is 29.6 Å².